The largest absolute Gasteiger partial charge is 0.361 e. The van der Waals surface area contributed by atoms with Gasteiger partial charge in [0.1, 0.15) is 21.8 Å². The molecule has 136 valence electrons. The minimum atomic E-state index is -2.55. The van der Waals surface area contributed by atoms with Crippen molar-refractivity contribution < 1.29 is 40.9 Å². The van der Waals surface area contributed by atoms with E-state index < -0.39 is 72.6 Å². The van der Waals surface area contributed by atoms with E-state index in [0.717, 1.165) is 0 Å². The van der Waals surface area contributed by atoms with Gasteiger partial charge in [-0.3, -0.25) is 0 Å². The van der Waals surface area contributed by atoms with Gasteiger partial charge in [-0.05, 0) is 0 Å². The summed E-state index contributed by atoms with van der Waals surface area (Å²) in [6.07, 6.45) is -3.26. The second-order valence-corrected chi connectivity index (χ2v) is 18.0. The third-order valence-corrected chi connectivity index (χ3v) is 18.0. The monoisotopic (exact) mass is 385 g/mol. The van der Waals surface area contributed by atoms with Gasteiger partial charge in [0, 0.05) is 0 Å². The summed E-state index contributed by atoms with van der Waals surface area (Å²) in [4.78, 5) is 0. The minimum Gasteiger partial charge on any atom is -0.361 e. The van der Waals surface area contributed by atoms with Gasteiger partial charge in [-0.25, -0.2) is 0 Å². The van der Waals surface area contributed by atoms with Crippen molar-refractivity contribution in [3.63, 3.8) is 0 Å². The van der Waals surface area contributed by atoms with Crippen LogP contribution in [0.15, 0.2) is 0 Å². The van der Waals surface area contributed by atoms with Crippen LogP contribution in [0, 0.1) is 0 Å². The molecule has 0 spiro atoms. The van der Waals surface area contributed by atoms with Crippen LogP contribution in [0.1, 0.15) is 7.43 Å². The van der Waals surface area contributed by atoms with E-state index in [9.17, 15) is 40.9 Å². The Balaban J connectivity index is 0. The molecule has 8 nitrogen and oxygen atoms in total. The Morgan fingerprint density at radius 2 is 0.545 bits per heavy atom. The fraction of sp³-hybridized carbons (Fsp3) is 1.00. The van der Waals surface area contributed by atoms with Crippen molar-refractivity contribution in [3.05, 3.63) is 0 Å². The molecule has 0 unspecified atom stereocenters. The zero-order chi connectivity index (χ0) is 16.6. The zero-order valence-electron chi connectivity index (χ0n) is 12.0. The third kappa shape index (κ3) is 6.12. The minimum absolute atomic E-state index is 0. The highest BCUT2D eigenvalue weighted by molar-refractivity contribution is 7.98. The van der Waals surface area contributed by atoms with Gasteiger partial charge in [0.15, 0.2) is 62.6 Å². The highest BCUT2D eigenvalue weighted by atomic mass is 31.3. The molecule has 0 heterocycles. The highest BCUT2D eigenvalue weighted by Gasteiger charge is 2.58. The molecule has 8 N–H and O–H groups in total. The third-order valence-electron chi connectivity index (χ3n) is 3.60. The summed E-state index contributed by atoms with van der Waals surface area (Å²) in [6, 6.07) is 0. The van der Waals surface area contributed by atoms with Crippen LogP contribution >= 0.6 is 21.8 Å². The molecule has 0 aliphatic rings. The molecule has 0 aromatic carbocycles. The highest BCUT2D eigenvalue weighted by Crippen LogP contribution is 2.79. The van der Waals surface area contributed by atoms with Gasteiger partial charge in [-0.15, -0.1) is 0 Å². The van der Waals surface area contributed by atoms with Gasteiger partial charge in [0.05, 0.1) is 0 Å². The molecule has 0 radical (unpaired) electrons. The topological polar surface area (TPSA) is 162 Å². The number of hydrogen-bond donors (Lipinski definition) is 8. The molecule has 11 heteroatoms. The summed E-state index contributed by atoms with van der Waals surface area (Å²) in [5.74, 6) is 0.219. The molecule has 0 aliphatic carbocycles. The normalized spacial score (nSPS) is 13.1. The first-order valence-electron chi connectivity index (χ1n) is 6.32. The van der Waals surface area contributed by atoms with Crippen molar-refractivity contribution >= 4 is 21.8 Å². The summed E-state index contributed by atoms with van der Waals surface area (Å²) in [5.41, 5.74) is 0. The molecular weight excluding hydrogens is 353 g/mol. The summed E-state index contributed by atoms with van der Waals surface area (Å²) in [5, 5.41) is 76.1. The maximum atomic E-state index is 9.71. The lowest BCUT2D eigenvalue weighted by atomic mass is 11.6. The predicted octanol–water partition coefficient (Wildman–Crippen LogP) is -0.811. The Hall–Kier alpha value is 0.970. The Labute approximate surface area is 133 Å². The maximum absolute atomic E-state index is 9.71. The number of aliphatic hydroxyl groups is 8. The molecule has 0 saturated heterocycles. The molecule has 0 aromatic rings. The van der Waals surface area contributed by atoms with E-state index in [0.29, 0.717) is 0 Å². The quantitative estimate of drug-likeness (QED) is 0.202. The van der Waals surface area contributed by atoms with Crippen LogP contribution in [0.25, 0.3) is 0 Å². The Bertz CT molecular complexity index is 242. The van der Waals surface area contributed by atoms with E-state index in [2.05, 4.69) is 0 Å². The molecule has 0 amide bonds. The van der Waals surface area contributed by atoms with Gasteiger partial charge >= 0.3 is 0 Å². The van der Waals surface area contributed by atoms with Crippen LogP contribution in [-0.4, -0.2) is 103 Å². The van der Waals surface area contributed by atoms with Crippen LogP contribution in [0.2, 0.25) is 0 Å². The van der Waals surface area contributed by atoms with Crippen molar-refractivity contribution in [2.75, 3.05) is 62.6 Å². The van der Waals surface area contributed by atoms with Crippen LogP contribution in [0.3, 0.4) is 0 Å². The van der Waals surface area contributed by atoms with Gasteiger partial charge < -0.3 is 40.9 Å². The average molecular weight is 385 g/mol. The first kappa shape index (κ1) is 25.2. The zero-order valence-corrected chi connectivity index (χ0v) is 14.7. The number of hydrogen-bond acceptors (Lipinski definition) is 8. The van der Waals surface area contributed by atoms with Crippen LogP contribution < -0.4 is 0 Å². The smallest absolute Gasteiger partial charge is 0.175 e. The van der Waals surface area contributed by atoms with E-state index in [-0.39, 0.29) is 19.2 Å². The molecule has 0 rings (SSSR count). The van der Waals surface area contributed by atoms with E-state index in [1.54, 1.807) is 0 Å². The SMILES string of the molecule is C.OC[P+](CO)(CO)C[P+](CO)(CO)C[P+](CO)(CO)CO. The molecular formula is C11H32O8P3+3. The lowest BCUT2D eigenvalue weighted by molar-refractivity contribution is 0.311. The lowest BCUT2D eigenvalue weighted by Gasteiger charge is -2.31. The van der Waals surface area contributed by atoms with Crippen molar-refractivity contribution in [1.29, 1.82) is 0 Å². The van der Waals surface area contributed by atoms with Crippen molar-refractivity contribution in [3.8, 4) is 0 Å². The molecule has 0 bridgehead atoms. The maximum Gasteiger partial charge on any atom is 0.175 e. The van der Waals surface area contributed by atoms with E-state index in [1.165, 1.54) is 0 Å². The Morgan fingerprint density at radius 3 is 0.682 bits per heavy atom. The Kier molecular flexibility index (Phi) is 13.2. The second kappa shape index (κ2) is 11.5. The summed E-state index contributed by atoms with van der Waals surface area (Å²) >= 11 is 0. The van der Waals surface area contributed by atoms with E-state index in [4.69, 9.17) is 0 Å². The fourth-order valence-electron chi connectivity index (χ4n) is 2.08. The summed E-state index contributed by atoms with van der Waals surface area (Å²) in [7, 11) is -7.63. The molecule has 0 aromatic heterocycles. The van der Waals surface area contributed by atoms with Crippen LogP contribution in [0.5, 0.6) is 0 Å². The van der Waals surface area contributed by atoms with Crippen LogP contribution in [-0.2, 0) is 0 Å². The average Bonchev–Trinajstić information content (AvgIpc) is 2.57. The predicted molar refractivity (Wildman–Crippen MR) is 93.9 cm³/mol. The van der Waals surface area contributed by atoms with Gasteiger partial charge in [-0.2, -0.15) is 0 Å². The van der Waals surface area contributed by atoms with Gasteiger partial charge in [-0.1, -0.05) is 7.43 Å². The first-order valence-corrected chi connectivity index (χ1v) is 13.9. The number of aliphatic hydroxyl groups excluding tert-OH is 8. The second-order valence-electron chi connectivity index (χ2n) is 5.44. The number of rotatable bonds is 12. The lowest BCUT2D eigenvalue weighted by Crippen LogP contribution is -2.23. The van der Waals surface area contributed by atoms with Crippen molar-refractivity contribution in [1.82, 2.24) is 0 Å². The molecule has 0 aliphatic heterocycles. The summed E-state index contributed by atoms with van der Waals surface area (Å²) in [6.45, 7) is 0. The van der Waals surface area contributed by atoms with E-state index >= 15 is 0 Å². The Morgan fingerprint density at radius 1 is 0.364 bits per heavy atom. The van der Waals surface area contributed by atoms with E-state index in [1.807, 2.05) is 0 Å². The van der Waals surface area contributed by atoms with Crippen molar-refractivity contribution in [2.45, 2.75) is 7.43 Å². The first-order chi connectivity index (χ1) is 9.90. The standard InChI is InChI=1S/C10H28O8P3.CH4/c11-1-19(2-12,3-13)9-21(7-17,8-18)10-20(4-14,5-15)6-16;/h11-18H,1-10H2;1H4/q+3;. The van der Waals surface area contributed by atoms with Gasteiger partial charge in [0.2, 0.25) is 0 Å². The van der Waals surface area contributed by atoms with Crippen molar-refractivity contribution in [2.24, 2.45) is 0 Å². The molecule has 0 saturated carbocycles. The van der Waals surface area contributed by atoms with Gasteiger partial charge in [0.25, 0.3) is 0 Å². The molecule has 0 fully saturated rings. The summed E-state index contributed by atoms with van der Waals surface area (Å²) < 4.78 is 0. The fourth-order valence-corrected chi connectivity index (χ4v) is 17.6. The molecule has 0 atom stereocenters. The molecule has 22 heavy (non-hydrogen) atoms. The van der Waals surface area contributed by atoms with Crippen LogP contribution in [0.4, 0.5) is 0 Å².